The molecule has 0 saturated heterocycles. The second-order valence-electron chi connectivity index (χ2n) is 6.60. The van der Waals surface area contributed by atoms with Crippen molar-refractivity contribution in [3.05, 3.63) is 59.7 Å². The molecule has 0 aliphatic heterocycles. The third kappa shape index (κ3) is 6.35. The summed E-state index contributed by atoms with van der Waals surface area (Å²) in [6.07, 6.45) is 0.900. The number of carbonyl (C=O) groups excluding carboxylic acids is 2. The molecule has 7 heteroatoms. The van der Waals surface area contributed by atoms with Crippen LogP contribution in [-0.4, -0.2) is 30.6 Å². The lowest BCUT2D eigenvalue weighted by molar-refractivity contribution is 0.0958. The molecule has 2 amide bonds. The third-order valence-electron chi connectivity index (χ3n) is 3.92. The average Bonchev–Trinajstić information content (AvgIpc) is 2.67. The maximum atomic E-state index is 12.6. The van der Waals surface area contributed by atoms with Crippen LogP contribution in [0.2, 0.25) is 0 Å². The Morgan fingerprint density at radius 2 is 1.82 bits per heavy atom. The van der Waals surface area contributed by atoms with Gasteiger partial charge in [-0.05, 0) is 54.9 Å². The van der Waals surface area contributed by atoms with Gasteiger partial charge in [0.2, 0.25) is 0 Å². The van der Waals surface area contributed by atoms with Crippen molar-refractivity contribution in [1.82, 2.24) is 10.6 Å². The van der Waals surface area contributed by atoms with E-state index >= 15 is 0 Å². The first-order valence-electron chi connectivity index (χ1n) is 9.07. The molecule has 0 aliphatic carbocycles. The highest BCUT2D eigenvalue weighted by Crippen LogP contribution is 2.19. The Hall–Kier alpha value is -2.93. The number of hydrogen-bond acceptors (Lipinski definition) is 4. The van der Waals surface area contributed by atoms with E-state index in [9.17, 15) is 9.59 Å². The molecule has 148 valence electrons. The molecule has 0 saturated carbocycles. The molecule has 28 heavy (non-hydrogen) atoms. The molecule has 0 aliphatic rings. The SMILES string of the molecule is CNC(=O)c1cccc(NC(=S)NC(=O)c2ccccc2OCCC(C)C)c1. The van der Waals surface area contributed by atoms with E-state index in [1.54, 1.807) is 49.5 Å². The van der Waals surface area contributed by atoms with Crippen LogP contribution in [0, 0.1) is 5.92 Å². The number of amides is 2. The van der Waals surface area contributed by atoms with Gasteiger partial charge in [0.25, 0.3) is 11.8 Å². The minimum Gasteiger partial charge on any atom is -0.493 e. The van der Waals surface area contributed by atoms with Gasteiger partial charge in [-0.1, -0.05) is 32.0 Å². The number of hydrogen-bond donors (Lipinski definition) is 3. The highest BCUT2D eigenvalue weighted by Gasteiger charge is 2.14. The fraction of sp³-hybridized carbons (Fsp3) is 0.286. The lowest BCUT2D eigenvalue weighted by Gasteiger charge is -2.14. The van der Waals surface area contributed by atoms with E-state index in [0.717, 1.165) is 6.42 Å². The molecule has 0 aromatic heterocycles. The lowest BCUT2D eigenvalue weighted by Crippen LogP contribution is -2.34. The molecular formula is C21H25N3O3S. The molecule has 2 aromatic carbocycles. The van der Waals surface area contributed by atoms with Crippen molar-refractivity contribution in [1.29, 1.82) is 0 Å². The first-order valence-corrected chi connectivity index (χ1v) is 9.48. The maximum Gasteiger partial charge on any atom is 0.261 e. The maximum absolute atomic E-state index is 12.6. The van der Waals surface area contributed by atoms with Gasteiger partial charge in [0.05, 0.1) is 12.2 Å². The van der Waals surface area contributed by atoms with Gasteiger partial charge in [-0.15, -0.1) is 0 Å². The quantitative estimate of drug-likeness (QED) is 0.620. The summed E-state index contributed by atoms with van der Waals surface area (Å²) in [4.78, 5) is 24.3. The fourth-order valence-corrected chi connectivity index (χ4v) is 2.61. The molecule has 0 radical (unpaired) electrons. The molecule has 0 spiro atoms. The van der Waals surface area contributed by atoms with Crippen LogP contribution in [0.15, 0.2) is 48.5 Å². The minimum absolute atomic E-state index is 0.135. The number of para-hydroxylation sites is 1. The molecular weight excluding hydrogens is 374 g/mol. The molecule has 2 rings (SSSR count). The largest absolute Gasteiger partial charge is 0.493 e. The average molecular weight is 400 g/mol. The highest BCUT2D eigenvalue weighted by atomic mass is 32.1. The topological polar surface area (TPSA) is 79.5 Å². The zero-order chi connectivity index (χ0) is 20.5. The Labute approximate surface area is 170 Å². The summed E-state index contributed by atoms with van der Waals surface area (Å²) in [6, 6.07) is 13.9. The summed E-state index contributed by atoms with van der Waals surface area (Å²) in [5.41, 5.74) is 1.51. The van der Waals surface area contributed by atoms with E-state index in [1.807, 2.05) is 6.07 Å². The van der Waals surface area contributed by atoms with Crippen molar-refractivity contribution >= 4 is 34.8 Å². The van der Waals surface area contributed by atoms with Gasteiger partial charge in [-0.2, -0.15) is 0 Å². The molecule has 0 heterocycles. The standard InChI is InChI=1S/C21H25N3O3S/c1-14(2)11-12-27-18-10-5-4-9-17(18)20(26)24-21(28)23-16-8-6-7-15(13-16)19(25)22-3/h4-10,13-14H,11-12H2,1-3H3,(H,22,25)(H2,23,24,26,28). The van der Waals surface area contributed by atoms with E-state index < -0.39 is 0 Å². The smallest absolute Gasteiger partial charge is 0.261 e. The first kappa shape index (κ1) is 21.4. The third-order valence-corrected chi connectivity index (χ3v) is 4.13. The summed E-state index contributed by atoms with van der Waals surface area (Å²) in [5.74, 6) is 0.472. The number of anilines is 1. The van der Waals surface area contributed by atoms with Gasteiger partial charge < -0.3 is 15.4 Å². The second kappa shape index (κ2) is 10.4. The van der Waals surface area contributed by atoms with Crippen molar-refractivity contribution in [3.63, 3.8) is 0 Å². The van der Waals surface area contributed by atoms with Crippen molar-refractivity contribution in [2.75, 3.05) is 19.0 Å². The zero-order valence-corrected chi connectivity index (χ0v) is 17.1. The van der Waals surface area contributed by atoms with Gasteiger partial charge in [-0.25, -0.2) is 0 Å². The van der Waals surface area contributed by atoms with Gasteiger partial charge in [0.1, 0.15) is 5.75 Å². The van der Waals surface area contributed by atoms with Gasteiger partial charge in [0.15, 0.2) is 5.11 Å². The molecule has 2 aromatic rings. The van der Waals surface area contributed by atoms with Crippen LogP contribution in [0.4, 0.5) is 5.69 Å². The summed E-state index contributed by atoms with van der Waals surface area (Å²) in [6.45, 7) is 4.77. The number of carbonyl (C=O) groups is 2. The predicted molar refractivity (Wildman–Crippen MR) is 115 cm³/mol. The highest BCUT2D eigenvalue weighted by molar-refractivity contribution is 7.80. The van der Waals surface area contributed by atoms with Crippen molar-refractivity contribution in [2.24, 2.45) is 5.92 Å². The zero-order valence-electron chi connectivity index (χ0n) is 16.2. The fourth-order valence-electron chi connectivity index (χ4n) is 2.40. The molecule has 0 fully saturated rings. The summed E-state index contributed by atoms with van der Waals surface area (Å²) >= 11 is 5.23. The van der Waals surface area contributed by atoms with E-state index in [1.165, 1.54) is 0 Å². The van der Waals surface area contributed by atoms with Crippen LogP contribution < -0.4 is 20.7 Å². The van der Waals surface area contributed by atoms with Crippen molar-refractivity contribution < 1.29 is 14.3 Å². The van der Waals surface area contributed by atoms with Crippen LogP contribution in [-0.2, 0) is 0 Å². The molecule has 3 N–H and O–H groups in total. The number of thiocarbonyl (C=S) groups is 1. The Morgan fingerprint density at radius 1 is 1.07 bits per heavy atom. The van der Waals surface area contributed by atoms with Crippen LogP contribution in [0.25, 0.3) is 0 Å². The van der Waals surface area contributed by atoms with Gasteiger partial charge >= 0.3 is 0 Å². The van der Waals surface area contributed by atoms with E-state index in [0.29, 0.717) is 35.1 Å². The Balaban J connectivity index is 2.01. The molecule has 6 nitrogen and oxygen atoms in total. The predicted octanol–water partition coefficient (Wildman–Crippen LogP) is 3.60. The lowest BCUT2D eigenvalue weighted by atomic mass is 10.1. The second-order valence-corrected chi connectivity index (χ2v) is 7.00. The number of benzene rings is 2. The summed E-state index contributed by atoms with van der Waals surface area (Å²) < 4.78 is 5.75. The normalized spacial score (nSPS) is 10.3. The number of rotatable bonds is 7. The van der Waals surface area contributed by atoms with Gasteiger partial charge in [-0.3, -0.25) is 14.9 Å². The first-order chi connectivity index (χ1) is 13.4. The van der Waals surface area contributed by atoms with Gasteiger partial charge in [0, 0.05) is 18.3 Å². The molecule has 0 unspecified atom stereocenters. The van der Waals surface area contributed by atoms with E-state index in [2.05, 4.69) is 29.8 Å². The van der Waals surface area contributed by atoms with Crippen LogP contribution in [0.3, 0.4) is 0 Å². The van der Waals surface area contributed by atoms with E-state index in [4.69, 9.17) is 17.0 Å². The summed E-state index contributed by atoms with van der Waals surface area (Å²) in [5, 5.41) is 8.26. The summed E-state index contributed by atoms with van der Waals surface area (Å²) in [7, 11) is 1.56. The van der Waals surface area contributed by atoms with E-state index in [-0.39, 0.29) is 16.9 Å². The Kier molecular flexibility index (Phi) is 7.95. The minimum atomic E-state index is -0.361. The monoisotopic (exact) mass is 399 g/mol. The van der Waals surface area contributed by atoms with Crippen LogP contribution >= 0.6 is 12.2 Å². The molecule has 0 atom stereocenters. The Bertz CT molecular complexity index is 852. The van der Waals surface area contributed by atoms with Crippen molar-refractivity contribution in [2.45, 2.75) is 20.3 Å². The Morgan fingerprint density at radius 3 is 2.54 bits per heavy atom. The van der Waals surface area contributed by atoms with Crippen LogP contribution in [0.1, 0.15) is 41.0 Å². The van der Waals surface area contributed by atoms with Crippen molar-refractivity contribution in [3.8, 4) is 5.75 Å². The number of ether oxygens (including phenoxy) is 1. The number of nitrogens with one attached hydrogen (secondary N) is 3. The van der Waals surface area contributed by atoms with Crippen LogP contribution in [0.5, 0.6) is 5.75 Å². The molecule has 0 bridgehead atoms.